The van der Waals surface area contributed by atoms with Crippen molar-refractivity contribution in [3.8, 4) is 0 Å². The van der Waals surface area contributed by atoms with Crippen molar-refractivity contribution in [2.24, 2.45) is 11.3 Å². The first kappa shape index (κ1) is 12.4. The van der Waals surface area contributed by atoms with Gasteiger partial charge in [0.25, 0.3) is 0 Å². The van der Waals surface area contributed by atoms with Crippen molar-refractivity contribution in [2.45, 2.75) is 46.0 Å². The smallest absolute Gasteiger partial charge is 0.00506 e. The summed E-state index contributed by atoms with van der Waals surface area (Å²) in [5.41, 5.74) is 0.598. The summed E-state index contributed by atoms with van der Waals surface area (Å²) >= 11 is 0. The van der Waals surface area contributed by atoms with Gasteiger partial charge in [0, 0.05) is 19.6 Å². The van der Waals surface area contributed by atoms with Crippen molar-refractivity contribution in [3.63, 3.8) is 0 Å². The van der Waals surface area contributed by atoms with Crippen LogP contribution in [0.15, 0.2) is 0 Å². The number of nitrogens with zero attached hydrogens (tertiary/aromatic N) is 1. The molecule has 2 aliphatic heterocycles. The van der Waals surface area contributed by atoms with Crippen LogP contribution in [0, 0.1) is 11.3 Å². The zero-order chi connectivity index (χ0) is 11.4. The minimum Gasteiger partial charge on any atom is -0.316 e. The van der Waals surface area contributed by atoms with E-state index >= 15 is 0 Å². The van der Waals surface area contributed by atoms with Crippen LogP contribution in [-0.4, -0.2) is 37.6 Å². The normalized spacial score (nSPS) is 36.0. The molecule has 0 aromatic carbocycles. The molecule has 0 radical (unpaired) electrons. The third-order valence-corrected chi connectivity index (χ3v) is 4.71. The molecule has 2 atom stereocenters. The molecule has 1 N–H and O–H groups in total. The molecule has 2 fully saturated rings. The van der Waals surface area contributed by atoms with E-state index in [1.54, 1.807) is 0 Å². The van der Waals surface area contributed by atoms with Crippen LogP contribution in [0.4, 0.5) is 0 Å². The van der Waals surface area contributed by atoms with Crippen LogP contribution in [-0.2, 0) is 0 Å². The average Bonchev–Trinajstić information content (AvgIpc) is 2.90. The average molecular weight is 224 g/mol. The summed E-state index contributed by atoms with van der Waals surface area (Å²) in [7, 11) is 0. The zero-order valence-corrected chi connectivity index (χ0v) is 11.1. The summed E-state index contributed by atoms with van der Waals surface area (Å²) in [6.45, 7) is 11.2. The molecule has 0 saturated carbocycles. The van der Waals surface area contributed by atoms with Crippen molar-refractivity contribution in [2.75, 3.05) is 32.7 Å². The fraction of sp³-hybridized carbons (Fsp3) is 1.00. The van der Waals surface area contributed by atoms with Gasteiger partial charge in [0.05, 0.1) is 0 Å². The second-order valence-electron chi connectivity index (χ2n) is 5.96. The molecule has 16 heavy (non-hydrogen) atoms. The third-order valence-electron chi connectivity index (χ3n) is 4.71. The van der Waals surface area contributed by atoms with E-state index in [2.05, 4.69) is 24.1 Å². The number of rotatable bonds is 5. The standard InChI is InChI=1S/C14H28N2/c1-3-5-13-6-9-16(10-13)12-14(4-2)7-8-15-11-14/h13,15H,3-12H2,1-2H3. The first-order valence-electron chi connectivity index (χ1n) is 7.21. The summed E-state index contributed by atoms with van der Waals surface area (Å²) in [6, 6.07) is 0. The molecule has 2 saturated heterocycles. The Labute approximate surface area is 101 Å². The first-order chi connectivity index (χ1) is 7.78. The van der Waals surface area contributed by atoms with E-state index in [0.717, 1.165) is 5.92 Å². The van der Waals surface area contributed by atoms with E-state index in [9.17, 15) is 0 Å². The molecule has 2 unspecified atom stereocenters. The lowest BCUT2D eigenvalue weighted by atomic mass is 9.84. The van der Waals surface area contributed by atoms with Gasteiger partial charge in [0.1, 0.15) is 0 Å². The SMILES string of the molecule is CCCC1CCN(CC2(CC)CCNC2)C1. The van der Waals surface area contributed by atoms with E-state index in [0.29, 0.717) is 5.41 Å². The van der Waals surface area contributed by atoms with E-state index in [-0.39, 0.29) is 0 Å². The quantitative estimate of drug-likeness (QED) is 0.772. The predicted octanol–water partition coefficient (Wildman–Crippen LogP) is 2.50. The molecule has 0 aliphatic carbocycles. The summed E-state index contributed by atoms with van der Waals surface area (Å²) in [4.78, 5) is 2.73. The molecule has 0 amide bonds. The van der Waals surface area contributed by atoms with Gasteiger partial charge in [-0.15, -0.1) is 0 Å². The largest absolute Gasteiger partial charge is 0.316 e. The maximum atomic E-state index is 3.55. The van der Waals surface area contributed by atoms with E-state index in [1.165, 1.54) is 64.8 Å². The zero-order valence-electron chi connectivity index (χ0n) is 11.1. The van der Waals surface area contributed by atoms with Gasteiger partial charge in [0.2, 0.25) is 0 Å². The summed E-state index contributed by atoms with van der Waals surface area (Å²) in [5, 5.41) is 3.55. The van der Waals surface area contributed by atoms with Crippen LogP contribution >= 0.6 is 0 Å². The highest BCUT2D eigenvalue weighted by Gasteiger charge is 2.35. The van der Waals surface area contributed by atoms with Crippen molar-refractivity contribution < 1.29 is 0 Å². The maximum Gasteiger partial charge on any atom is 0.00506 e. The molecule has 2 rings (SSSR count). The summed E-state index contributed by atoms with van der Waals surface area (Å²) < 4.78 is 0. The summed E-state index contributed by atoms with van der Waals surface area (Å²) in [6.07, 6.45) is 6.97. The van der Waals surface area contributed by atoms with Gasteiger partial charge in [-0.3, -0.25) is 0 Å². The highest BCUT2D eigenvalue weighted by molar-refractivity contribution is 4.91. The summed E-state index contributed by atoms with van der Waals surface area (Å²) in [5.74, 6) is 0.994. The molecule has 2 nitrogen and oxygen atoms in total. The Hall–Kier alpha value is -0.0800. The molecule has 0 aromatic rings. The molecule has 2 heterocycles. The minimum absolute atomic E-state index is 0.598. The van der Waals surface area contributed by atoms with Crippen LogP contribution in [0.2, 0.25) is 0 Å². The topological polar surface area (TPSA) is 15.3 Å². The van der Waals surface area contributed by atoms with Crippen LogP contribution < -0.4 is 5.32 Å². The number of likely N-dealkylation sites (tertiary alicyclic amines) is 1. The van der Waals surface area contributed by atoms with Gasteiger partial charge in [-0.1, -0.05) is 20.3 Å². The van der Waals surface area contributed by atoms with Gasteiger partial charge in [-0.25, -0.2) is 0 Å². The Kier molecular flexibility index (Phi) is 4.26. The van der Waals surface area contributed by atoms with Crippen molar-refractivity contribution >= 4 is 0 Å². The highest BCUT2D eigenvalue weighted by atomic mass is 15.2. The Bertz CT molecular complexity index is 209. The lowest BCUT2D eigenvalue weighted by Crippen LogP contribution is -2.37. The molecule has 2 heteroatoms. The third kappa shape index (κ3) is 2.78. The van der Waals surface area contributed by atoms with Crippen molar-refractivity contribution in [1.82, 2.24) is 10.2 Å². The van der Waals surface area contributed by atoms with Crippen LogP contribution in [0.5, 0.6) is 0 Å². The maximum absolute atomic E-state index is 3.55. The molecule has 0 spiro atoms. The highest BCUT2D eigenvalue weighted by Crippen LogP contribution is 2.32. The second-order valence-corrected chi connectivity index (χ2v) is 5.96. The number of nitrogens with one attached hydrogen (secondary N) is 1. The molecule has 2 aliphatic rings. The van der Waals surface area contributed by atoms with Gasteiger partial charge < -0.3 is 10.2 Å². The molecule has 0 aromatic heterocycles. The fourth-order valence-corrected chi connectivity index (χ4v) is 3.52. The molecular weight excluding hydrogens is 196 g/mol. The van der Waals surface area contributed by atoms with Crippen LogP contribution in [0.25, 0.3) is 0 Å². The number of hydrogen-bond donors (Lipinski definition) is 1. The Morgan fingerprint density at radius 2 is 2.25 bits per heavy atom. The first-order valence-corrected chi connectivity index (χ1v) is 7.21. The molecule has 0 bridgehead atoms. The van der Waals surface area contributed by atoms with Gasteiger partial charge in [0.15, 0.2) is 0 Å². The lowest BCUT2D eigenvalue weighted by molar-refractivity contribution is 0.179. The van der Waals surface area contributed by atoms with Crippen molar-refractivity contribution in [1.29, 1.82) is 0 Å². The molecular formula is C14H28N2. The minimum atomic E-state index is 0.598. The fourth-order valence-electron chi connectivity index (χ4n) is 3.52. The van der Waals surface area contributed by atoms with E-state index < -0.39 is 0 Å². The monoisotopic (exact) mass is 224 g/mol. The second kappa shape index (κ2) is 5.50. The molecule has 94 valence electrons. The van der Waals surface area contributed by atoms with Crippen molar-refractivity contribution in [3.05, 3.63) is 0 Å². The van der Waals surface area contributed by atoms with Gasteiger partial charge >= 0.3 is 0 Å². The Balaban J connectivity index is 1.81. The Morgan fingerprint density at radius 1 is 1.38 bits per heavy atom. The number of hydrogen-bond acceptors (Lipinski definition) is 2. The Morgan fingerprint density at radius 3 is 2.88 bits per heavy atom. The van der Waals surface area contributed by atoms with Crippen LogP contribution in [0.3, 0.4) is 0 Å². The predicted molar refractivity (Wildman–Crippen MR) is 69.7 cm³/mol. The van der Waals surface area contributed by atoms with Gasteiger partial charge in [-0.2, -0.15) is 0 Å². The van der Waals surface area contributed by atoms with E-state index in [4.69, 9.17) is 0 Å². The van der Waals surface area contributed by atoms with Crippen LogP contribution in [0.1, 0.15) is 46.0 Å². The van der Waals surface area contributed by atoms with E-state index in [1.807, 2.05) is 0 Å². The van der Waals surface area contributed by atoms with Gasteiger partial charge in [-0.05, 0) is 50.1 Å². The lowest BCUT2D eigenvalue weighted by Gasteiger charge is -2.32.